The van der Waals surface area contributed by atoms with Crippen LogP contribution in [0.25, 0.3) is 0 Å². The summed E-state index contributed by atoms with van der Waals surface area (Å²) < 4.78 is 0. The molecular formula is C13H11N3O4S. The van der Waals surface area contributed by atoms with E-state index in [1.807, 2.05) is 0 Å². The van der Waals surface area contributed by atoms with E-state index in [0.717, 1.165) is 4.90 Å². The van der Waals surface area contributed by atoms with E-state index in [9.17, 15) is 19.2 Å². The molecule has 1 fully saturated rings. The number of nitrogens with zero attached hydrogens (tertiary/aromatic N) is 1. The molecule has 21 heavy (non-hydrogen) atoms. The molecule has 2 aliphatic heterocycles. The summed E-state index contributed by atoms with van der Waals surface area (Å²) in [6.07, 6.45) is 0. The molecule has 0 aromatic heterocycles. The first-order valence-corrected chi connectivity index (χ1v) is 7.20. The van der Waals surface area contributed by atoms with Crippen LogP contribution in [0.2, 0.25) is 0 Å². The lowest BCUT2D eigenvalue weighted by Crippen LogP contribution is -2.53. The third-order valence-electron chi connectivity index (χ3n) is 3.09. The first kappa shape index (κ1) is 13.6. The molecule has 0 unspecified atom stereocenters. The predicted molar refractivity (Wildman–Crippen MR) is 74.8 cm³/mol. The fourth-order valence-electron chi connectivity index (χ4n) is 2.18. The Labute approximate surface area is 124 Å². The summed E-state index contributed by atoms with van der Waals surface area (Å²) in [6, 6.07) is 4.94. The molecule has 2 N–H and O–H groups in total. The van der Waals surface area contributed by atoms with Gasteiger partial charge in [-0.15, -0.1) is 11.8 Å². The smallest absolute Gasteiger partial charge is 0.254 e. The van der Waals surface area contributed by atoms with Gasteiger partial charge in [-0.2, -0.15) is 0 Å². The first-order chi connectivity index (χ1) is 10.0. The van der Waals surface area contributed by atoms with Crippen molar-refractivity contribution in [1.82, 2.24) is 10.2 Å². The lowest BCUT2D eigenvalue weighted by molar-refractivity contribution is -0.135. The average Bonchev–Trinajstić information content (AvgIpc) is 2.44. The lowest BCUT2D eigenvalue weighted by Gasteiger charge is -2.26. The highest BCUT2D eigenvalue weighted by molar-refractivity contribution is 8.00. The van der Waals surface area contributed by atoms with Crippen LogP contribution in [-0.2, 0) is 14.4 Å². The summed E-state index contributed by atoms with van der Waals surface area (Å²) in [5, 5.41) is 4.84. The lowest BCUT2D eigenvalue weighted by atomic mass is 10.1. The minimum atomic E-state index is -0.499. The fourth-order valence-corrected chi connectivity index (χ4v) is 2.97. The Bertz CT molecular complexity index is 657. The van der Waals surface area contributed by atoms with Crippen molar-refractivity contribution in [1.29, 1.82) is 0 Å². The van der Waals surface area contributed by atoms with E-state index in [1.165, 1.54) is 16.7 Å². The van der Waals surface area contributed by atoms with Crippen molar-refractivity contribution in [3.8, 4) is 0 Å². The highest BCUT2D eigenvalue weighted by atomic mass is 32.2. The minimum Gasteiger partial charge on any atom is -0.324 e. The summed E-state index contributed by atoms with van der Waals surface area (Å²) >= 11 is 1.40. The van der Waals surface area contributed by atoms with Gasteiger partial charge in [0.1, 0.15) is 13.1 Å². The minimum absolute atomic E-state index is 0.121. The van der Waals surface area contributed by atoms with E-state index in [4.69, 9.17) is 0 Å². The van der Waals surface area contributed by atoms with Crippen LogP contribution < -0.4 is 10.6 Å². The van der Waals surface area contributed by atoms with Gasteiger partial charge in [0, 0.05) is 10.5 Å². The summed E-state index contributed by atoms with van der Waals surface area (Å²) in [7, 11) is 0. The van der Waals surface area contributed by atoms with Crippen molar-refractivity contribution >= 4 is 41.1 Å². The van der Waals surface area contributed by atoms with Gasteiger partial charge in [0.25, 0.3) is 5.91 Å². The van der Waals surface area contributed by atoms with Gasteiger partial charge in [0.2, 0.25) is 17.7 Å². The zero-order chi connectivity index (χ0) is 15.0. The molecule has 108 valence electrons. The number of amides is 4. The summed E-state index contributed by atoms with van der Waals surface area (Å²) in [4.78, 5) is 48.4. The monoisotopic (exact) mass is 305 g/mol. The van der Waals surface area contributed by atoms with Crippen molar-refractivity contribution in [3.05, 3.63) is 23.8 Å². The molecule has 0 bridgehead atoms. The molecule has 8 heteroatoms. The largest absolute Gasteiger partial charge is 0.324 e. The molecule has 0 spiro atoms. The van der Waals surface area contributed by atoms with Crippen LogP contribution in [0, 0.1) is 0 Å². The summed E-state index contributed by atoms with van der Waals surface area (Å²) in [5.41, 5.74) is 0.911. The number of anilines is 1. The number of benzene rings is 1. The maximum absolute atomic E-state index is 12.3. The van der Waals surface area contributed by atoms with Crippen LogP contribution in [-0.4, -0.2) is 47.4 Å². The number of hydrogen-bond acceptors (Lipinski definition) is 5. The molecule has 1 saturated heterocycles. The zero-order valence-corrected chi connectivity index (χ0v) is 11.7. The van der Waals surface area contributed by atoms with Crippen LogP contribution in [0.1, 0.15) is 10.4 Å². The van der Waals surface area contributed by atoms with Crippen molar-refractivity contribution in [2.75, 3.05) is 24.2 Å². The van der Waals surface area contributed by atoms with E-state index in [-0.39, 0.29) is 19.0 Å². The van der Waals surface area contributed by atoms with Gasteiger partial charge < -0.3 is 10.2 Å². The molecule has 1 aromatic carbocycles. The predicted octanol–water partition coefficient (Wildman–Crippen LogP) is -0.171. The van der Waals surface area contributed by atoms with Crippen molar-refractivity contribution in [2.24, 2.45) is 0 Å². The number of rotatable bonds is 1. The Kier molecular flexibility index (Phi) is 3.38. The van der Waals surface area contributed by atoms with E-state index >= 15 is 0 Å². The Morgan fingerprint density at radius 2 is 1.76 bits per heavy atom. The van der Waals surface area contributed by atoms with E-state index < -0.39 is 17.7 Å². The third kappa shape index (κ3) is 2.75. The van der Waals surface area contributed by atoms with Crippen molar-refractivity contribution in [3.63, 3.8) is 0 Å². The van der Waals surface area contributed by atoms with Crippen LogP contribution in [0.4, 0.5) is 5.69 Å². The van der Waals surface area contributed by atoms with Crippen LogP contribution in [0.5, 0.6) is 0 Å². The Hall–Kier alpha value is -2.35. The second kappa shape index (κ2) is 5.21. The fraction of sp³-hybridized carbons (Fsp3) is 0.231. The van der Waals surface area contributed by atoms with Crippen molar-refractivity contribution < 1.29 is 19.2 Å². The first-order valence-electron chi connectivity index (χ1n) is 6.21. The molecule has 1 aromatic rings. The van der Waals surface area contributed by atoms with Gasteiger partial charge in [-0.25, -0.2) is 0 Å². The Balaban J connectivity index is 1.85. The van der Waals surface area contributed by atoms with E-state index in [2.05, 4.69) is 10.6 Å². The number of imide groups is 1. The molecule has 0 radical (unpaired) electrons. The van der Waals surface area contributed by atoms with Gasteiger partial charge in [-0.3, -0.25) is 24.5 Å². The maximum atomic E-state index is 12.3. The number of hydrogen-bond donors (Lipinski definition) is 2. The highest BCUT2D eigenvalue weighted by Gasteiger charge is 2.27. The number of carbonyl (C=O) groups is 4. The van der Waals surface area contributed by atoms with E-state index in [1.54, 1.807) is 18.2 Å². The maximum Gasteiger partial charge on any atom is 0.254 e. The Morgan fingerprint density at radius 1 is 1.05 bits per heavy atom. The number of nitrogens with one attached hydrogen (secondary N) is 2. The third-order valence-corrected chi connectivity index (χ3v) is 4.17. The molecule has 4 amide bonds. The normalized spacial score (nSPS) is 17.9. The number of carbonyl (C=O) groups excluding carboxylic acids is 4. The number of thioether (sulfide) groups is 1. The molecule has 0 atom stereocenters. The molecular weight excluding hydrogens is 294 g/mol. The topological polar surface area (TPSA) is 95.6 Å². The molecule has 2 aliphatic rings. The second-order valence-electron chi connectivity index (χ2n) is 4.68. The van der Waals surface area contributed by atoms with E-state index in [0.29, 0.717) is 17.0 Å². The molecule has 2 heterocycles. The van der Waals surface area contributed by atoms with Crippen LogP contribution in [0.3, 0.4) is 0 Å². The average molecular weight is 305 g/mol. The van der Waals surface area contributed by atoms with Gasteiger partial charge in [0.15, 0.2) is 0 Å². The Morgan fingerprint density at radius 3 is 2.48 bits per heavy atom. The van der Waals surface area contributed by atoms with Gasteiger partial charge in [-0.05, 0) is 18.2 Å². The van der Waals surface area contributed by atoms with Crippen LogP contribution in [0.15, 0.2) is 23.1 Å². The standard InChI is InChI=1S/C13H11N3O4S/c17-10-4-16(5-11(18)15-10)13(20)7-1-2-9-8(3-7)14-12(19)6-21-9/h1-3H,4-6H2,(H,14,19)(H,15,17,18). The highest BCUT2D eigenvalue weighted by Crippen LogP contribution is 2.32. The molecule has 3 rings (SSSR count). The van der Waals surface area contributed by atoms with Gasteiger partial charge in [0.05, 0.1) is 11.4 Å². The summed E-state index contributed by atoms with van der Waals surface area (Å²) in [6.45, 7) is -0.300. The number of fused-ring (bicyclic) bond motifs is 1. The number of piperazine rings is 1. The quantitative estimate of drug-likeness (QED) is 0.702. The molecule has 7 nitrogen and oxygen atoms in total. The van der Waals surface area contributed by atoms with Crippen molar-refractivity contribution in [2.45, 2.75) is 4.90 Å². The SMILES string of the molecule is O=C1CN(C(=O)c2ccc3c(c2)NC(=O)CS3)CC(=O)N1. The van der Waals surface area contributed by atoms with Gasteiger partial charge >= 0.3 is 0 Å². The summed E-state index contributed by atoms with van der Waals surface area (Å²) in [5.74, 6) is -1.18. The zero-order valence-electron chi connectivity index (χ0n) is 10.8. The second-order valence-corrected chi connectivity index (χ2v) is 5.70. The van der Waals surface area contributed by atoms with Crippen LogP contribution >= 0.6 is 11.8 Å². The molecule has 0 saturated carbocycles. The van der Waals surface area contributed by atoms with Gasteiger partial charge in [-0.1, -0.05) is 0 Å². The molecule has 0 aliphatic carbocycles.